The van der Waals surface area contributed by atoms with E-state index in [1.54, 1.807) is 19.1 Å². The first-order valence-corrected chi connectivity index (χ1v) is 8.13. The molecular formula is C19H18N4O2. The van der Waals surface area contributed by atoms with Gasteiger partial charge in [-0.15, -0.1) is 0 Å². The number of hydrogen-bond acceptors (Lipinski definition) is 6. The molecule has 0 spiro atoms. The Bertz CT molecular complexity index is 843. The molecule has 4 atom stereocenters. The highest BCUT2D eigenvalue weighted by molar-refractivity contribution is 5.89. The molecule has 2 aliphatic rings. The van der Waals surface area contributed by atoms with E-state index in [9.17, 15) is 15.8 Å². The van der Waals surface area contributed by atoms with Crippen molar-refractivity contribution in [2.24, 2.45) is 16.7 Å². The summed E-state index contributed by atoms with van der Waals surface area (Å²) >= 11 is 0. The van der Waals surface area contributed by atoms with Gasteiger partial charge in [0.2, 0.25) is 17.1 Å². The third-order valence-electron chi connectivity index (χ3n) is 5.68. The molecule has 0 amide bonds. The Hall–Kier alpha value is -2.88. The zero-order valence-electron chi connectivity index (χ0n) is 14.3. The summed E-state index contributed by atoms with van der Waals surface area (Å²) in [6.45, 7) is 5.49. The van der Waals surface area contributed by atoms with Crippen molar-refractivity contribution in [3.8, 4) is 18.2 Å². The molecule has 2 aliphatic heterocycles. The van der Waals surface area contributed by atoms with E-state index in [4.69, 9.17) is 14.9 Å². The maximum atomic E-state index is 10.00. The zero-order chi connectivity index (χ0) is 18.5. The second kappa shape index (κ2) is 5.31. The molecule has 126 valence electrons. The second-order valence-electron chi connectivity index (χ2n) is 6.68. The number of rotatable bonds is 2. The van der Waals surface area contributed by atoms with E-state index in [1.807, 2.05) is 38.1 Å². The summed E-state index contributed by atoms with van der Waals surface area (Å²) in [5, 5.41) is 38.3. The van der Waals surface area contributed by atoms with E-state index in [0.717, 1.165) is 5.56 Å². The minimum Gasteiger partial charge on any atom is -0.447 e. The van der Waals surface area contributed by atoms with Crippen LogP contribution in [0.3, 0.4) is 0 Å². The summed E-state index contributed by atoms with van der Waals surface area (Å²) in [6.07, 6.45) is -0.586. The zero-order valence-corrected chi connectivity index (χ0v) is 14.3. The van der Waals surface area contributed by atoms with Crippen LogP contribution < -0.4 is 0 Å². The van der Waals surface area contributed by atoms with E-state index in [-0.39, 0.29) is 5.90 Å². The molecule has 1 aromatic rings. The van der Waals surface area contributed by atoms with Crippen molar-refractivity contribution in [2.75, 3.05) is 0 Å². The number of aryl methyl sites for hydroxylation is 1. The van der Waals surface area contributed by atoms with Crippen LogP contribution in [-0.4, -0.2) is 11.7 Å². The first kappa shape index (κ1) is 17.0. The monoisotopic (exact) mass is 334 g/mol. The maximum Gasteiger partial charge on any atom is 0.217 e. The molecule has 0 aliphatic carbocycles. The van der Waals surface area contributed by atoms with Crippen molar-refractivity contribution in [3.63, 3.8) is 0 Å². The van der Waals surface area contributed by atoms with Crippen molar-refractivity contribution < 1.29 is 9.47 Å². The molecule has 6 nitrogen and oxygen atoms in total. The molecule has 2 fully saturated rings. The van der Waals surface area contributed by atoms with Gasteiger partial charge in [0.05, 0.1) is 24.1 Å². The third-order valence-corrected chi connectivity index (χ3v) is 5.68. The van der Waals surface area contributed by atoms with Crippen LogP contribution in [0.4, 0.5) is 0 Å². The van der Waals surface area contributed by atoms with Crippen molar-refractivity contribution in [3.05, 3.63) is 35.4 Å². The van der Waals surface area contributed by atoms with E-state index >= 15 is 0 Å². The van der Waals surface area contributed by atoms with Crippen LogP contribution in [0, 0.1) is 63.1 Å². The normalized spacial score (nSPS) is 35.1. The quantitative estimate of drug-likeness (QED) is 0.890. The average Bonchev–Trinajstić information content (AvgIpc) is 2.79. The van der Waals surface area contributed by atoms with Gasteiger partial charge in [-0.3, -0.25) is 5.41 Å². The number of hydrogen-bond donors (Lipinski definition) is 1. The Kier molecular flexibility index (Phi) is 3.60. The Morgan fingerprint density at radius 1 is 1.12 bits per heavy atom. The third kappa shape index (κ3) is 1.77. The van der Waals surface area contributed by atoms with Gasteiger partial charge in [0.25, 0.3) is 0 Å². The lowest BCUT2D eigenvalue weighted by Crippen LogP contribution is -2.58. The Morgan fingerprint density at radius 3 is 2.20 bits per heavy atom. The first-order chi connectivity index (χ1) is 11.9. The van der Waals surface area contributed by atoms with Gasteiger partial charge in [0, 0.05) is 6.42 Å². The number of nitrogens with zero attached hydrogens (tertiary/aromatic N) is 3. The molecule has 2 bridgehead atoms. The van der Waals surface area contributed by atoms with Gasteiger partial charge in [-0.2, -0.15) is 15.8 Å². The van der Waals surface area contributed by atoms with Gasteiger partial charge >= 0.3 is 0 Å². The van der Waals surface area contributed by atoms with Crippen LogP contribution in [0.15, 0.2) is 24.3 Å². The fourth-order valence-electron chi connectivity index (χ4n) is 4.08. The van der Waals surface area contributed by atoms with Crippen LogP contribution in [0.25, 0.3) is 0 Å². The molecule has 0 radical (unpaired) electrons. The molecule has 2 saturated heterocycles. The first-order valence-electron chi connectivity index (χ1n) is 8.13. The molecule has 2 heterocycles. The molecule has 0 aromatic heterocycles. The fraction of sp³-hybridized carbons (Fsp3) is 0.474. The Balaban J connectivity index is 2.32. The number of nitrogens with one attached hydrogen (secondary N) is 1. The van der Waals surface area contributed by atoms with Gasteiger partial charge in [-0.05, 0) is 12.5 Å². The van der Waals surface area contributed by atoms with Crippen molar-refractivity contribution in [1.82, 2.24) is 0 Å². The van der Waals surface area contributed by atoms with Crippen LogP contribution in [-0.2, 0) is 9.47 Å². The van der Waals surface area contributed by atoms with Crippen LogP contribution >= 0.6 is 0 Å². The highest BCUT2D eigenvalue weighted by atomic mass is 16.7. The van der Waals surface area contributed by atoms with Gasteiger partial charge in [0.1, 0.15) is 6.10 Å². The summed E-state index contributed by atoms with van der Waals surface area (Å²) in [6, 6.07) is 13.4. The molecule has 1 N–H and O–H groups in total. The predicted molar refractivity (Wildman–Crippen MR) is 87.7 cm³/mol. The van der Waals surface area contributed by atoms with Gasteiger partial charge in [0.15, 0.2) is 5.41 Å². The van der Waals surface area contributed by atoms with Gasteiger partial charge in [-0.1, -0.05) is 43.7 Å². The lowest BCUT2D eigenvalue weighted by molar-refractivity contribution is -0.280. The predicted octanol–water partition coefficient (Wildman–Crippen LogP) is 3.36. The largest absolute Gasteiger partial charge is 0.447 e. The summed E-state index contributed by atoms with van der Waals surface area (Å²) in [5.74, 6) is -2.18. The van der Waals surface area contributed by atoms with E-state index in [1.165, 1.54) is 0 Å². The van der Waals surface area contributed by atoms with Crippen LogP contribution in [0.2, 0.25) is 0 Å². The molecule has 6 heteroatoms. The number of nitriles is 3. The SMILES string of the molecule is CCC12OC(=N)C(C#N)(C1C)C(C#N)(C#N)C(c1ccc(C)cc1)O2. The average molecular weight is 334 g/mol. The maximum absolute atomic E-state index is 10.00. The van der Waals surface area contributed by atoms with Crippen molar-refractivity contribution in [1.29, 1.82) is 21.2 Å². The molecule has 0 saturated carbocycles. The fourth-order valence-corrected chi connectivity index (χ4v) is 4.08. The lowest BCUT2D eigenvalue weighted by Gasteiger charge is -2.48. The van der Waals surface area contributed by atoms with Gasteiger partial charge in [-0.25, -0.2) is 0 Å². The number of fused-ring (bicyclic) bond motifs is 2. The lowest BCUT2D eigenvalue weighted by atomic mass is 9.53. The summed E-state index contributed by atoms with van der Waals surface area (Å²) in [4.78, 5) is 0. The molecule has 1 aromatic carbocycles. The Morgan fingerprint density at radius 2 is 1.72 bits per heavy atom. The standard InChI is InChI=1S/C19H18N4O2/c1-4-19-13(3)18(11-22,16(23)25-19)17(9-20,10-21)15(24-19)14-7-5-12(2)6-8-14/h5-8,13,15,23H,4H2,1-3H3. The number of benzene rings is 1. The van der Waals surface area contributed by atoms with Gasteiger partial charge < -0.3 is 9.47 Å². The Labute approximate surface area is 146 Å². The van der Waals surface area contributed by atoms with E-state index < -0.39 is 28.6 Å². The highest BCUT2D eigenvalue weighted by Crippen LogP contribution is 2.66. The number of ether oxygens (including phenoxy) is 2. The molecule has 25 heavy (non-hydrogen) atoms. The van der Waals surface area contributed by atoms with Crippen LogP contribution in [0.5, 0.6) is 0 Å². The van der Waals surface area contributed by atoms with Crippen molar-refractivity contribution >= 4 is 5.90 Å². The summed E-state index contributed by atoms with van der Waals surface area (Å²) in [7, 11) is 0. The summed E-state index contributed by atoms with van der Waals surface area (Å²) < 4.78 is 11.9. The molecular weight excluding hydrogens is 316 g/mol. The van der Waals surface area contributed by atoms with Crippen molar-refractivity contribution in [2.45, 2.75) is 39.1 Å². The molecule has 4 unspecified atom stereocenters. The summed E-state index contributed by atoms with van der Waals surface area (Å²) in [5.41, 5.74) is -1.90. The van der Waals surface area contributed by atoms with E-state index in [2.05, 4.69) is 6.07 Å². The highest BCUT2D eigenvalue weighted by Gasteiger charge is 2.78. The minimum atomic E-state index is -1.87. The molecule has 3 rings (SSSR count). The second-order valence-corrected chi connectivity index (χ2v) is 6.68. The van der Waals surface area contributed by atoms with Crippen LogP contribution in [0.1, 0.15) is 37.5 Å². The van der Waals surface area contributed by atoms with E-state index in [0.29, 0.717) is 12.0 Å². The topological polar surface area (TPSA) is 114 Å². The minimum absolute atomic E-state index is 0.359. The smallest absolute Gasteiger partial charge is 0.217 e.